The smallest absolute Gasteiger partial charge is 0.237 e. The van der Waals surface area contributed by atoms with Crippen molar-refractivity contribution in [3.8, 4) is 0 Å². The average molecular weight is 216 g/mol. The number of rotatable bonds is 5. The predicted octanol–water partition coefficient (Wildman–Crippen LogP) is -0.750. The lowest BCUT2D eigenvalue weighted by molar-refractivity contribution is -0.123. The molecule has 15 heavy (non-hydrogen) atoms. The maximum atomic E-state index is 11.6. The van der Waals surface area contributed by atoms with E-state index < -0.39 is 0 Å². The van der Waals surface area contributed by atoms with Gasteiger partial charge in [-0.05, 0) is 19.8 Å². The third-order valence-corrected chi connectivity index (χ3v) is 2.60. The van der Waals surface area contributed by atoms with Crippen LogP contribution in [0.1, 0.15) is 19.8 Å². The third-order valence-electron chi connectivity index (χ3n) is 2.60. The lowest BCUT2D eigenvalue weighted by Crippen LogP contribution is -2.41. The van der Waals surface area contributed by atoms with Crippen molar-refractivity contribution in [2.75, 3.05) is 20.2 Å². The minimum atomic E-state index is -0.367. The van der Waals surface area contributed by atoms with Crippen LogP contribution in [0.15, 0.2) is 0 Å². The van der Waals surface area contributed by atoms with E-state index >= 15 is 0 Å². The molecule has 1 heterocycles. The number of carbonyl (C=O) groups excluding carboxylic acids is 1. The number of amides is 1. The van der Waals surface area contributed by atoms with Crippen LogP contribution in [-0.2, 0) is 9.53 Å². The summed E-state index contributed by atoms with van der Waals surface area (Å²) in [6, 6.07) is -0.149. The van der Waals surface area contributed by atoms with Gasteiger partial charge in [0.2, 0.25) is 5.91 Å². The fraction of sp³-hybridized carbons (Fsp3) is 0.900. The van der Waals surface area contributed by atoms with Crippen molar-refractivity contribution < 1.29 is 14.6 Å². The van der Waals surface area contributed by atoms with Gasteiger partial charge in [0.25, 0.3) is 0 Å². The zero-order valence-electron chi connectivity index (χ0n) is 9.32. The lowest BCUT2D eigenvalue weighted by atomic mass is 10.2. The summed E-state index contributed by atoms with van der Waals surface area (Å²) in [7, 11) is 1.65. The van der Waals surface area contributed by atoms with Crippen molar-refractivity contribution >= 4 is 5.91 Å². The van der Waals surface area contributed by atoms with E-state index in [0.29, 0.717) is 13.0 Å². The summed E-state index contributed by atoms with van der Waals surface area (Å²) in [6.07, 6.45) is 1.08. The number of methoxy groups -OCH3 is 1. The molecule has 3 atom stereocenters. The number of hydrogen-bond donors (Lipinski definition) is 3. The van der Waals surface area contributed by atoms with E-state index in [9.17, 15) is 4.79 Å². The molecule has 5 heteroatoms. The monoisotopic (exact) mass is 216 g/mol. The Balaban J connectivity index is 2.18. The van der Waals surface area contributed by atoms with Gasteiger partial charge in [0.15, 0.2) is 0 Å². The highest BCUT2D eigenvalue weighted by atomic mass is 16.5. The Morgan fingerprint density at radius 3 is 3.00 bits per heavy atom. The van der Waals surface area contributed by atoms with Crippen LogP contribution in [0.4, 0.5) is 0 Å². The van der Waals surface area contributed by atoms with Gasteiger partial charge in [0, 0.05) is 20.2 Å². The predicted molar refractivity (Wildman–Crippen MR) is 56.5 cm³/mol. The molecule has 1 aliphatic heterocycles. The van der Waals surface area contributed by atoms with E-state index in [1.807, 2.05) is 0 Å². The topological polar surface area (TPSA) is 70.6 Å². The second-order valence-corrected chi connectivity index (χ2v) is 3.98. The van der Waals surface area contributed by atoms with Crippen LogP contribution in [-0.4, -0.2) is 49.5 Å². The molecule has 0 saturated carbocycles. The normalized spacial score (nSPS) is 27.7. The second kappa shape index (κ2) is 6.05. The zero-order chi connectivity index (χ0) is 11.3. The molecule has 5 nitrogen and oxygen atoms in total. The van der Waals surface area contributed by atoms with Crippen LogP contribution in [0.5, 0.6) is 0 Å². The number of aliphatic hydroxyl groups excluding tert-OH is 1. The fourth-order valence-corrected chi connectivity index (χ4v) is 1.61. The van der Waals surface area contributed by atoms with E-state index in [4.69, 9.17) is 9.84 Å². The molecule has 0 aromatic rings. The van der Waals surface area contributed by atoms with Crippen molar-refractivity contribution in [3.63, 3.8) is 0 Å². The summed E-state index contributed by atoms with van der Waals surface area (Å²) in [5, 5.41) is 14.9. The van der Waals surface area contributed by atoms with Gasteiger partial charge in [-0.15, -0.1) is 0 Å². The first kappa shape index (κ1) is 12.4. The van der Waals surface area contributed by atoms with Crippen molar-refractivity contribution in [1.82, 2.24) is 10.6 Å². The average Bonchev–Trinajstić information content (AvgIpc) is 2.65. The highest BCUT2D eigenvalue weighted by Gasteiger charge is 2.28. The Morgan fingerprint density at radius 2 is 2.47 bits per heavy atom. The van der Waals surface area contributed by atoms with Crippen LogP contribution >= 0.6 is 0 Å². The molecule has 0 aliphatic carbocycles. The SMILES string of the molecule is COC1CNC(C(=O)NCCC(C)O)C1. The fourth-order valence-electron chi connectivity index (χ4n) is 1.61. The molecule has 0 spiro atoms. The van der Waals surface area contributed by atoms with Crippen LogP contribution in [0.2, 0.25) is 0 Å². The largest absolute Gasteiger partial charge is 0.393 e. The van der Waals surface area contributed by atoms with Gasteiger partial charge >= 0.3 is 0 Å². The number of nitrogens with one attached hydrogen (secondary N) is 2. The molecule has 0 bridgehead atoms. The molecule has 3 N–H and O–H groups in total. The Kier molecular flexibility index (Phi) is 5.01. The van der Waals surface area contributed by atoms with Crippen LogP contribution in [0, 0.1) is 0 Å². The number of aliphatic hydroxyl groups is 1. The summed E-state index contributed by atoms with van der Waals surface area (Å²) in [5.74, 6) is -0.00444. The minimum absolute atomic E-state index is 0.00444. The van der Waals surface area contributed by atoms with Gasteiger partial charge in [0.05, 0.1) is 18.2 Å². The molecule has 88 valence electrons. The van der Waals surface area contributed by atoms with Gasteiger partial charge in [0.1, 0.15) is 0 Å². The van der Waals surface area contributed by atoms with Gasteiger partial charge in [-0.2, -0.15) is 0 Å². The highest BCUT2D eigenvalue weighted by molar-refractivity contribution is 5.82. The van der Waals surface area contributed by atoms with E-state index in [0.717, 1.165) is 13.0 Å². The van der Waals surface area contributed by atoms with Crippen molar-refractivity contribution in [2.45, 2.75) is 38.0 Å². The van der Waals surface area contributed by atoms with E-state index in [2.05, 4.69) is 10.6 Å². The summed E-state index contributed by atoms with van der Waals surface area (Å²) in [5.41, 5.74) is 0. The quantitative estimate of drug-likeness (QED) is 0.565. The van der Waals surface area contributed by atoms with Gasteiger partial charge in [-0.25, -0.2) is 0 Å². The molecule has 0 aromatic carbocycles. The van der Waals surface area contributed by atoms with Crippen molar-refractivity contribution in [1.29, 1.82) is 0 Å². The number of hydrogen-bond acceptors (Lipinski definition) is 4. The van der Waals surface area contributed by atoms with E-state index in [-0.39, 0.29) is 24.2 Å². The summed E-state index contributed by atoms with van der Waals surface area (Å²) in [4.78, 5) is 11.6. The second-order valence-electron chi connectivity index (χ2n) is 3.98. The number of ether oxygens (including phenoxy) is 1. The standard InChI is InChI=1S/C10H20N2O3/c1-7(13)3-4-11-10(14)9-5-8(15-2)6-12-9/h7-9,12-13H,3-6H2,1-2H3,(H,11,14). The minimum Gasteiger partial charge on any atom is -0.393 e. The molecule has 3 unspecified atom stereocenters. The molecule has 1 amide bonds. The molecule has 1 fully saturated rings. The van der Waals surface area contributed by atoms with Gasteiger partial charge < -0.3 is 20.5 Å². The van der Waals surface area contributed by atoms with Crippen LogP contribution in [0.3, 0.4) is 0 Å². The number of carbonyl (C=O) groups is 1. The molecule has 1 aliphatic rings. The maximum Gasteiger partial charge on any atom is 0.237 e. The maximum absolute atomic E-state index is 11.6. The molecular weight excluding hydrogens is 196 g/mol. The lowest BCUT2D eigenvalue weighted by Gasteiger charge is -2.11. The Bertz CT molecular complexity index is 209. The molecule has 1 saturated heterocycles. The Morgan fingerprint density at radius 1 is 1.73 bits per heavy atom. The first-order chi connectivity index (χ1) is 7.13. The Hall–Kier alpha value is -0.650. The van der Waals surface area contributed by atoms with Crippen molar-refractivity contribution in [3.05, 3.63) is 0 Å². The molecule has 0 aromatic heterocycles. The van der Waals surface area contributed by atoms with E-state index in [1.54, 1.807) is 14.0 Å². The van der Waals surface area contributed by atoms with E-state index in [1.165, 1.54) is 0 Å². The van der Waals surface area contributed by atoms with Crippen molar-refractivity contribution in [2.24, 2.45) is 0 Å². The molecular formula is C10H20N2O3. The van der Waals surface area contributed by atoms with Crippen LogP contribution in [0.25, 0.3) is 0 Å². The third kappa shape index (κ3) is 4.15. The highest BCUT2D eigenvalue weighted by Crippen LogP contribution is 2.09. The van der Waals surface area contributed by atoms with Gasteiger partial charge in [-0.1, -0.05) is 0 Å². The first-order valence-electron chi connectivity index (χ1n) is 5.35. The summed E-state index contributed by atoms with van der Waals surface area (Å²) >= 11 is 0. The van der Waals surface area contributed by atoms with Gasteiger partial charge in [-0.3, -0.25) is 4.79 Å². The summed E-state index contributed by atoms with van der Waals surface area (Å²) in [6.45, 7) is 2.96. The summed E-state index contributed by atoms with van der Waals surface area (Å²) < 4.78 is 5.15. The Labute approximate surface area is 90.2 Å². The first-order valence-corrected chi connectivity index (χ1v) is 5.35. The molecule has 1 rings (SSSR count). The van der Waals surface area contributed by atoms with Crippen LogP contribution < -0.4 is 10.6 Å². The molecule has 0 radical (unpaired) electrons. The zero-order valence-corrected chi connectivity index (χ0v) is 9.32.